The molecule has 0 spiro atoms. The predicted molar refractivity (Wildman–Crippen MR) is 81.0 cm³/mol. The molecular weight excluding hydrogens is 238 g/mol. The first-order chi connectivity index (χ1) is 8.99. The fourth-order valence-electron chi connectivity index (χ4n) is 2.09. The summed E-state index contributed by atoms with van der Waals surface area (Å²) in [6, 6.07) is 0. The van der Waals surface area contributed by atoms with Gasteiger partial charge in [0.1, 0.15) is 13.2 Å². The van der Waals surface area contributed by atoms with Crippen molar-refractivity contribution in [2.24, 2.45) is 5.92 Å². The molecule has 3 nitrogen and oxygen atoms in total. The molecule has 0 aliphatic carbocycles. The Balaban J connectivity index is 4.14. The van der Waals surface area contributed by atoms with Crippen molar-refractivity contribution in [2.45, 2.75) is 59.8 Å². The number of esters is 1. The van der Waals surface area contributed by atoms with Crippen LogP contribution in [0.2, 0.25) is 0 Å². The van der Waals surface area contributed by atoms with E-state index >= 15 is 0 Å². The molecule has 0 rings (SSSR count). The summed E-state index contributed by atoms with van der Waals surface area (Å²) in [4.78, 5) is 11.7. The summed E-state index contributed by atoms with van der Waals surface area (Å²) >= 11 is 0. The van der Waals surface area contributed by atoms with Crippen LogP contribution in [0.4, 0.5) is 0 Å². The smallest absolute Gasteiger partial charge is 0.308 e. The van der Waals surface area contributed by atoms with Crippen LogP contribution < -0.4 is 0 Å². The van der Waals surface area contributed by atoms with Gasteiger partial charge in [-0.1, -0.05) is 40.5 Å². The molecule has 0 aromatic carbocycles. The topological polar surface area (TPSA) is 26.3 Å². The summed E-state index contributed by atoms with van der Waals surface area (Å²) in [7, 11) is 2.29. The molecule has 0 radical (unpaired) electrons. The summed E-state index contributed by atoms with van der Waals surface area (Å²) in [6.45, 7) is 12.3. The SMILES string of the molecule is CCCC[N+](C)(CCCC)CCOC(=O)C(C)CC. The number of hydrogen-bond donors (Lipinski definition) is 0. The van der Waals surface area contributed by atoms with Crippen LogP contribution in [0.25, 0.3) is 0 Å². The van der Waals surface area contributed by atoms with Gasteiger partial charge in [-0.25, -0.2) is 0 Å². The Morgan fingerprint density at radius 3 is 2.00 bits per heavy atom. The fourth-order valence-corrected chi connectivity index (χ4v) is 2.09. The van der Waals surface area contributed by atoms with E-state index in [9.17, 15) is 4.79 Å². The Hall–Kier alpha value is -0.570. The van der Waals surface area contributed by atoms with Gasteiger partial charge in [0, 0.05) is 0 Å². The summed E-state index contributed by atoms with van der Waals surface area (Å²) < 4.78 is 6.43. The number of unbranched alkanes of at least 4 members (excludes halogenated alkanes) is 2. The average Bonchev–Trinajstić information content (AvgIpc) is 2.42. The largest absolute Gasteiger partial charge is 0.459 e. The Labute approximate surface area is 119 Å². The van der Waals surface area contributed by atoms with E-state index in [0.717, 1.165) is 17.4 Å². The fraction of sp³-hybridized carbons (Fsp3) is 0.938. The lowest BCUT2D eigenvalue weighted by Gasteiger charge is -2.34. The summed E-state index contributed by atoms with van der Waals surface area (Å²) in [5.74, 6) is -0.00919. The number of quaternary nitrogens is 1. The van der Waals surface area contributed by atoms with Crippen molar-refractivity contribution < 1.29 is 14.0 Å². The minimum Gasteiger partial charge on any atom is -0.459 e. The van der Waals surface area contributed by atoms with Crippen molar-refractivity contribution in [1.82, 2.24) is 0 Å². The highest BCUT2D eigenvalue weighted by Crippen LogP contribution is 2.10. The van der Waals surface area contributed by atoms with Gasteiger partial charge in [-0.2, -0.15) is 0 Å². The quantitative estimate of drug-likeness (QED) is 0.424. The molecule has 0 saturated carbocycles. The molecule has 3 heteroatoms. The lowest BCUT2D eigenvalue weighted by Crippen LogP contribution is -2.48. The van der Waals surface area contributed by atoms with E-state index in [1.54, 1.807) is 0 Å². The molecule has 0 aromatic heterocycles. The molecule has 0 fully saturated rings. The van der Waals surface area contributed by atoms with Gasteiger partial charge >= 0.3 is 5.97 Å². The first-order valence-corrected chi connectivity index (χ1v) is 7.99. The van der Waals surface area contributed by atoms with E-state index in [4.69, 9.17) is 4.74 Å². The molecule has 1 unspecified atom stereocenters. The molecule has 1 atom stereocenters. The third-order valence-electron chi connectivity index (χ3n) is 3.99. The van der Waals surface area contributed by atoms with Crippen molar-refractivity contribution in [3.05, 3.63) is 0 Å². The van der Waals surface area contributed by atoms with Crippen LogP contribution in [0.15, 0.2) is 0 Å². The van der Waals surface area contributed by atoms with Gasteiger partial charge < -0.3 is 9.22 Å². The second-order valence-corrected chi connectivity index (χ2v) is 5.97. The van der Waals surface area contributed by atoms with E-state index in [2.05, 4.69) is 20.9 Å². The Morgan fingerprint density at radius 1 is 1.05 bits per heavy atom. The van der Waals surface area contributed by atoms with Gasteiger partial charge in [0.25, 0.3) is 0 Å². The van der Waals surface area contributed by atoms with E-state index in [1.807, 2.05) is 13.8 Å². The number of rotatable bonds is 11. The van der Waals surface area contributed by atoms with E-state index < -0.39 is 0 Å². The molecule has 0 aliphatic heterocycles. The number of hydrogen-bond acceptors (Lipinski definition) is 2. The van der Waals surface area contributed by atoms with Crippen LogP contribution in [0.5, 0.6) is 0 Å². The monoisotopic (exact) mass is 272 g/mol. The van der Waals surface area contributed by atoms with Crippen molar-refractivity contribution in [2.75, 3.05) is 33.3 Å². The number of likely N-dealkylation sites (N-methyl/N-ethyl adjacent to an activating group) is 1. The zero-order valence-corrected chi connectivity index (χ0v) is 13.7. The minimum atomic E-state index is -0.0416. The highest BCUT2D eigenvalue weighted by atomic mass is 16.5. The lowest BCUT2D eigenvalue weighted by atomic mass is 10.1. The third-order valence-corrected chi connectivity index (χ3v) is 3.99. The second-order valence-electron chi connectivity index (χ2n) is 5.97. The zero-order chi connectivity index (χ0) is 14.7. The summed E-state index contributed by atoms with van der Waals surface area (Å²) in [6.07, 6.45) is 5.81. The van der Waals surface area contributed by atoms with Crippen LogP contribution in [0.1, 0.15) is 59.8 Å². The predicted octanol–water partition coefficient (Wildman–Crippen LogP) is 3.62. The maximum Gasteiger partial charge on any atom is 0.308 e. The zero-order valence-electron chi connectivity index (χ0n) is 13.7. The highest BCUT2D eigenvalue weighted by molar-refractivity contribution is 5.71. The first-order valence-electron chi connectivity index (χ1n) is 7.99. The molecule has 0 aromatic rings. The van der Waals surface area contributed by atoms with Gasteiger partial charge in [0.15, 0.2) is 0 Å². The minimum absolute atomic E-state index is 0.0324. The lowest BCUT2D eigenvalue weighted by molar-refractivity contribution is -0.910. The molecule has 0 N–H and O–H groups in total. The highest BCUT2D eigenvalue weighted by Gasteiger charge is 2.21. The summed E-state index contributed by atoms with van der Waals surface area (Å²) in [5, 5.41) is 0. The van der Waals surface area contributed by atoms with Crippen LogP contribution >= 0.6 is 0 Å². The molecule has 114 valence electrons. The van der Waals surface area contributed by atoms with Crippen molar-refractivity contribution in [3.63, 3.8) is 0 Å². The van der Waals surface area contributed by atoms with E-state index in [0.29, 0.717) is 6.61 Å². The Bertz CT molecular complexity index is 233. The molecule has 0 aliphatic rings. The molecule has 0 bridgehead atoms. The first kappa shape index (κ1) is 18.4. The van der Waals surface area contributed by atoms with Crippen LogP contribution in [0, 0.1) is 5.92 Å². The van der Waals surface area contributed by atoms with Gasteiger partial charge in [-0.15, -0.1) is 0 Å². The van der Waals surface area contributed by atoms with E-state index in [1.165, 1.54) is 38.8 Å². The second kappa shape index (κ2) is 10.2. The van der Waals surface area contributed by atoms with Crippen LogP contribution in [0.3, 0.4) is 0 Å². The maximum atomic E-state index is 11.7. The van der Waals surface area contributed by atoms with Crippen molar-refractivity contribution in [3.8, 4) is 0 Å². The molecule has 0 heterocycles. The summed E-state index contributed by atoms with van der Waals surface area (Å²) in [5.41, 5.74) is 0. The van der Waals surface area contributed by atoms with Crippen molar-refractivity contribution >= 4 is 5.97 Å². The number of carbonyl (C=O) groups is 1. The van der Waals surface area contributed by atoms with Gasteiger partial charge in [0.05, 0.1) is 26.1 Å². The van der Waals surface area contributed by atoms with Gasteiger partial charge in [0.2, 0.25) is 0 Å². The van der Waals surface area contributed by atoms with Crippen LogP contribution in [-0.4, -0.2) is 43.7 Å². The molecular formula is C16H34NO2+. The molecule has 0 saturated heterocycles. The standard InChI is InChI=1S/C16H34NO2/c1-6-9-11-17(5,12-10-7-2)13-14-19-16(18)15(4)8-3/h15H,6-14H2,1-5H3/q+1. The maximum absolute atomic E-state index is 11.7. The Kier molecular flexibility index (Phi) is 9.94. The Morgan fingerprint density at radius 2 is 1.58 bits per heavy atom. The van der Waals surface area contributed by atoms with E-state index in [-0.39, 0.29) is 11.9 Å². The molecule has 19 heavy (non-hydrogen) atoms. The number of ether oxygens (including phenoxy) is 1. The molecule has 0 amide bonds. The van der Waals surface area contributed by atoms with Gasteiger partial charge in [-0.05, 0) is 19.3 Å². The third kappa shape index (κ3) is 8.25. The average molecular weight is 272 g/mol. The van der Waals surface area contributed by atoms with Crippen molar-refractivity contribution in [1.29, 1.82) is 0 Å². The number of nitrogens with zero attached hydrogens (tertiary/aromatic N) is 1. The number of carbonyl (C=O) groups excluding carboxylic acids is 1. The normalized spacial score (nSPS) is 13.3. The van der Waals surface area contributed by atoms with Gasteiger partial charge in [-0.3, -0.25) is 4.79 Å². The van der Waals surface area contributed by atoms with Crippen LogP contribution in [-0.2, 0) is 9.53 Å².